The van der Waals surface area contributed by atoms with Gasteiger partial charge in [0, 0.05) is 5.69 Å². The molecule has 1 amide bonds. The van der Waals surface area contributed by atoms with E-state index in [2.05, 4.69) is 10.0 Å². The number of methoxy groups -OCH3 is 2. The van der Waals surface area contributed by atoms with Crippen molar-refractivity contribution < 1.29 is 31.1 Å². The van der Waals surface area contributed by atoms with E-state index in [9.17, 15) is 21.6 Å². The number of anilines is 3. The zero-order chi connectivity index (χ0) is 30.5. The molecule has 12 heteroatoms. The van der Waals surface area contributed by atoms with Crippen LogP contribution in [-0.4, -0.2) is 43.5 Å². The minimum Gasteiger partial charge on any atom is -0.495 e. The molecule has 0 fully saturated rings. The van der Waals surface area contributed by atoms with Crippen molar-refractivity contribution >= 4 is 43.0 Å². The van der Waals surface area contributed by atoms with Gasteiger partial charge in [0.2, 0.25) is 5.91 Å². The number of amides is 1. The number of carbonyl (C=O) groups is 1. The first kappa shape index (κ1) is 30.4. The largest absolute Gasteiger partial charge is 0.495 e. The summed E-state index contributed by atoms with van der Waals surface area (Å²) in [6, 6.07) is 23.4. The maximum absolute atomic E-state index is 13.7. The summed E-state index contributed by atoms with van der Waals surface area (Å²) in [5, 5.41) is 2.65. The molecule has 0 unspecified atom stereocenters. The van der Waals surface area contributed by atoms with E-state index in [0.29, 0.717) is 11.4 Å². The van der Waals surface area contributed by atoms with Crippen LogP contribution in [0.25, 0.3) is 0 Å². The molecule has 0 aliphatic carbocycles. The Morgan fingerprint density at radius 2 is 1.33 bits per heavy atom. The molecule has 4 rings (SSSR count). The fraction of sp³-hybridized carbons (Fsp3) is 0.167. The number of rotatable bonds is 11. The highest BCUT2D eigenvalue weighted by atomic mass is 32.2. The van der Waals surface area contributed by atoms with Crippen LogP contribution in [0.5, 0.6) is 11.5 Å². The Hall–Kier alpha value is -4.55. The van der Waals surface area contributed by atoms with Gasteiger partial charge in [-0.05, 0) is 80.1 Å². The Balaban J connectivity index is 1.56. The monoisotopic (exact) mass is 609 g/mol. The lowest BCUT2D eigenvalue weighted by Crippen LogP contribution is -2.38. The zero-order valence-corrected chi connectivity index (χ0v) is 25.1. The fourth-order valence-electron chi connectivity index (χ4n) is 4.13. The maximum Gasteiger partial charge on any atom is 0.264 e. The first-order chi connectivity index (χ1) is 19.9. The molecule has 4 aromatic rings. The molecule has 0 saturated heterocycles. The Kier molecular flexibility index (Phi) is 9.08. The molecule has 0 radical (unpaired) electrons. The molecule has 2 N–H and O–H groups in total. The van der Waals surface area contributed by atoms with Crippen molar-refractivity contribution in [3.8, 4) is 11.5 Å². The number of sulfonamides is 2. The number of para-hydroxylation sites is 2. The Morgan fingerprint density at radius 3 is 1.98 bits per heavy atom. The van der Waals surface area contributed by atoms with Crippen molar-refractivity contribution in [3.63, 3.8) is 0 Å². The molecule has 10 nitrogen and oxygen atoms in total. The molecule has 0 aliphatic rings. The van der Waals surface area contributed by atoms with Crippen LogP contribution < -0.4 is 23.8 Å². The highest BCUT2D eigenvalue weighted by molar-refractivity contribution is 7.93. The lowest BCUT2D eigenvalue weighted by molar-refractivity contribution is -0.114. The van der Waals surface area contributed by atoms with Crippen molar-refractivity contribution in [1.29, 1.82) is 0 Å². The number of hydrogen-bond donors (Lipinski definition) is 2. The Bertz CT molecular complexity index is 1790. The fourth-order valence-corrected chi connectivity index (χ4v) is 6.62. The number of hydrogen-bond acceptors (Lipinski definition) is 7. The lowest BCUT2D eigenvalue weighted by atomic mass is 10.2. The smallest absolute Gasteiger partial charge is 0.264 e. The van der Waals surface area contributed by atoms with Gasteiger partial charge in [-0.15, -0.1) is 0 Å². The van der Waals surface area contributed by atoms with Crippen LogP contribution >= 0.6 is 0 Å². The van der Waals surface area contributed by atoms with E-state index in [1.165, 1.54) is 50.6 Å². The van der Waals surface area contributed by atoms with Crippen molar-refractivity contribution in [2.75, 3.05) is 35.1 Å². The van der Waals surface area contributed by atoms with Crippen molar-refractivity contribution in [2.24, 2.45) is 0 Å². The minimum atomic E-state index is -4.16. The van der Waals surface area contributed by atoms with Crippen molar-refractivity contribution in [1.82, 2.24) is 0 Å². The van der Waals surface area contributed by atoms with E-state index in [1.54, 1.807) is 54.6 Å². The van der Waals surface area contributed by atoms with Gasteiger partial charge in [0.1, 0.15) is 18.0 Å². The van der Waals surface area contributed by atoms with Gasteiger partial charge in [-0.25, -0.2) is 16.8 Å². The number of nitrogens with zero attached hydrogens (tertiary/aromatic N) is 1. The number of nitrogens with one attached hydrogen (secondary N) is 2. The number of aryl methyl sites for hydroxylation is 2. The summed E-state index contributed by atoms with van der Waals surface area (Å²) in [5.74, 6) is -0.00337. The van der Waals surface area contributed by atoms with Gasteiger partial charge >= 0.3 is 0 Å². The minimum absolute atomic E-state index is 0.0131. The van der Waals surface area contributed by atoms with E-state index >= 15 is 0 Å². The number of ether oxygens (including phenoxy) is 2. The molecule has 0 bridgehead atoms. The zero-order valence-electron chi connectivity index (χ0n) is 23.5. The van der Waals surface area contributed by atoms with E-state index in [1.807, 2.05) is 13.8 Å². The third-order valence-corrected chi connectivity index (χ3v) is 9.45. The topological polar surface area (TPSA) is 131 Å². The summed E-state index contributed by atoms with van der Waals surface area (Å²) in [6.07, 6.45) is 0. The summed E-state index contributed by atoms with van der Waals surface area (Å²) in [6.45, 7) is 3.11. The summed E-state index contributed by atoms with van der Waals surface area (Å²) >= 11 is 0. The summed E-state index contributed by atoms with van der Waals surface area (Å²) in [5.41, 5.74) is 2.49. The molecular weight excluding hydrogens is 578 g/mol. The van der Waals surface area contributed by atoms with Crippen molar-refractivity contribution in [2.45, 2.75) is 23.6 Å². The molecule has 0 heterocycles. The van der Waals surface area contributed by atoms with Gasteiger partial charge in [0.25, 0.3) is 20.0 Å². The molecule has 0 aliphatic heterocycles. The van der Waals surface area contributed by atoms with Gasteiger partial charge in [-0.3, -0.25) is 13.8 Å². The highest BCUT2D eigenvalue weighted by Gasteiger charge is 2.29. The quantitative estimate of drug-likeness (QED) is 0.246. The van der Waals surface area contributed by atoms with E-state index in [0.717, 1.165) is 15.4 Å². The molecule has 0 saturated carbocycles. The van der Waals surface area contributed by atoms with E-state index < -0.39 is 32.5 Å². The van der Waals surface area contributed by atoms with Gasteiger partial charge in [-0.2, -0.15) is 0 Å². The first-order valence-corrected chi connectivity index (χ1v) is 15.7. The standard InChI is InChI=1S/C30H31N3O7S2/c1-21-9-14-25(15-10-21)42(37,38)33(27-7-5-6-8-29(27)40-4)20-30(34)31-23-12-16-24(17-13-23)41(35,36)32-26-19-22(2)11-18-28(26)39-3/h5-19,32H,20H2,1-4H3,(H,31,34). The molecular formula is C30H31N3O7S2. The van der Waals surface area contributed by atoms with Crippen LogP contribution in [0.1, 0.15) is 11.1 Å². The Morgan fingerprint density at radius 1 is 0.738 bits per heavy atom. The third-order valence-electron chi connectivity index (χ3n) is 6.30. The van der Waals surface area contributed by atoms with Gasteiger partial charge in [0.15, 0.2) is 0 Å². The van der Waals surface area contributed by atoms with Crippen LogP contribution in [0.3, 0.4) is 0 Å². The number of carbonyl (C=O) groups excluding carboxylic acids is 1. The van der Waals surface area contributed by atoms with Gasteiger partial charge in [0.05, 0.1) is 35.4 Å². The first-order valence-electron chi connectivity index (χ1n) is 12.7. The second kappa shape index (κ2) is 12.5. The van der Waals surface area contributed by atoms with E-state index in [4.69, 9.17) is 9.47 Å². The highest BCUT2D eigenvalue weighted by Crippen LogP contribution is 2.32. The third kappa shape index (κ3) is 6.84. The van der Waals surface area contributed by atoms with Crippen LogP contribution in [0.2, 0.25) is 0 Å². The summed E-state index contributed by atoms with van der Waals surface area (Å²) in [7, 11) is -5.27. The van der Waals surface area contributed by atoms with Gasteiger partial charge < -0.3 is 14.8 Å². The predicted molar refractivity (Wildman–Crippen MR) is 162 cm³/mol. The van der Waals surface area contributed by atoms with Crippen LogP contribution in [0.15, 0.2) is 101 Å². The average Bonchev–Trinajstić information content (AvgIpc) is 2.96. The molecule has 4 aromatic carbocycles. The lowest BCUT2D eigenvalue weighted by Gasteiger charge is -2.25. The average molecular weight is 610 g/mol. The molecule has 220 valence electrons. The Labute approximate surface area is 246 Å². The van der Waals surface area contributed by atoms with Crippen LogP contribution in [0.4, 0.5) is 17.1 Å². The van der Waals surface area contributed by atoms with Crippen molar-refractivity contribution in [3.05, 3.63) is 102 Å². The van der Waals surface area contributed by atoms with E-state index in [-0.39, 0.29) is 26.9 Å². The second-order valence-corrected chi connectivity index (χ2v) is 12.9. The molecule has 0 aromatic heterocycles. The normalized spacial score (nSPS) is 11.4. The molecule has 0 atom stereocenters. The maximum atomic E-state index is 13.7. The number of benzene rings is 4. The summed E-state index contributed by atoms with van der Waals surface area (Å²) < 4.78 is 67.5. The SMILES string of the molecule is COc1ccc(C)cc1NS(=O)(=O)c1ccc(NC(=O)CN(c2ccccc2OC)S(=O)(=O)c2ccc(C)cc2)cc1. The molecule has 42 heavy (non-hydrogen) atoms. The summed E-state index contributed by atoms with van der Waals surface area (Å²) in [4.78, 5) is 13.1. The predicted octanol–water partition coefficient (Wildman–Crippen LogP) is 4.96. The van der Waals surface area contributed by atoms with Crippen LogP contribution in [-0.2, 0) is 24.8 Å². The van der Waals surface area contributed by atoms with Crippen LogP contribution in [0, 0.1) is 13.8 Å². The van der Waals surface area contributed by atoms with Gasteiger partial charge in [-0.1, -0.05) is 35.9 Å². The molecule has 0 spiro atoms. The second-order valence-electron chi connectivity index (χ2n) is 9.38.